The number of rotatable bonds is 3. The maximum absolute atomic E-state index is 11.8. The first kappa shape index (κ1) is 12.3. The molecular weight excluding hydrogens is 300 g/mol. The Morgan fingerprint density at radius 2 is 2.24 bits per heavy atom. The van der Waals surface area contributed by atoms with Crippen LogP contribution in [0, 0.1) is 6.92 Å². The Morgan fingerprint density at radius 3 is 2.88 bits per heavy atom. The molecule has 2 aromatic heterocycles. The highest BCUT2D eigenvalue weighted by Gasteiger charge is 2.07. The lowest BCUT2D eigenvalue weighted by Gasteiger charge is -2.03. The summed E-state index contributed by atoms with van der Waals surface area (Å²) in [6, 6.07) is 9.35. The van der Waals surface area contributed by atoms with Gasteiger partial charge in [0, 0.05) is 9.75 Å². The largest absolute Gasteiger partial charge is 0.346 e. The predicted octanol–water partition coefficient (Wildman–Crippen LogP) is 3.14. The molecule has 0 fully saturated rings. The molecule has 0 aliphatic carbocycles. The Morgan fingerprint density at radius 1 is 1.41 bits per heavy atom. The van der Waals surface area contributed by atoms with E-state index >= 15 is 0 Å². The number of pyridine rings is 1. The number of carbonyl (C=O) groups excluding carboxylic acids is 1. The summed E-state index contributed by atoms with van der Waals surface area (Å²) in [6.07, 6.45) is 0. The normalized spacial score (nSPS) is 10.2. The summed E-state index contributed by atoms with van der Waals surface area (Å²) in [6.45, 7) is 2.59. The lowest BCUT2D eigenvalue weighted by atomic mass is 10.3. The molecule has 1 N–H and O–H groups in total. The first-order chi connectivity index (χ1) is 8.15. The summed E-state index contributed by atoms with van der Waals surface area (Å²) in [7, 11) is 0. The maximum Gasteiger partial charge on any atom is 0.270 e. The van der Waals surface area contributed by atoms with Gasteiger partial charge in [0.25, 0.3) is 5.91 Å². The van der Waals surface area contributed by atoms with Gasteiger partial charge >= 0.3 is 0 Å². The highest BCUT2D eigenvalue weighted by molar-refractivity contribution is 9.10. The van der Waals surface area contributed by atoms with E-state index in [1.807, 2.05) is 19.1 Å². The Kier molecular flexibility index (Phi) is 3.91. The van der Waals surface area contributed by atoms with E-state index in [-0.39, 0.29) is 5.91 Å². The molecule has 0 spiro atoms. The first-order valence-electron chi connectivity index (χ1n) is 5.11. The average Bonchev–Trinajstić information content (AvgIpc) is 2.72. The fourth-order valence-electron chi connectivity index (χ4n) is 1.37. The molecule has 0 aliphatic rings. The van der Waals surface area contributed by atoms with Gasteiger partial charge in [0.1, 0.15) is 10.3 Å². The van der Waals surface area contributed by atoms with E-state index in [4.69, 9.17) is 0 Å². The number of thiophene rings is 1. The highest BCUT2D eigenvalue weighted by atomic mass is 79.9. The van der Waals surface area contributed by atoms with Crippen molar-refractivity contribution >= 4 is 33.2 Å². The molecular formula is C12H11BrN2OS. The van der Waals surface area contributed by atoms with Crippen molar-refractivity contribution in [2.24, 2.45) is 0 Å². The minimum atomic E-state index is -0.155. The van der Waals surface area contributed by atoms with E-state index in [9.17, 15) is 4.79 Å². The molecule has 3 nitrogen and oxygen atoms in total. The number of hydrogen-bond donors (Lipinski definition) is 1. The Hall–Kier alpha value is -1.20. The Balaban J connectivity index is 1.98. The number of nitrogens with one attached hydrogen (secondary N) is 1. The zero-order valence-corrected chi connectivity index (χ0v) is 11.6. The number of hydrogen-bond acceptors (Lipinski definition) is 3. The summed E-state index contributed by atoms with van der Waals surface area (Å²) >= 11 is 4.92. The molecule has 1 amide bonds. The minimum Gasteiger partial charge on any atom is -0.346 e. The van der Waals surface area contributed by atoms with Crippen molar-refractivity contribution in [3.63, 3.8) is 0 Å². The van der Waals surface area contributed by atoms with E-state index < -0.39 is 0 Å². The zero-order valence-electron chi connectivity index (χ0n) is 9.24. The first-order valence-corrected chi connectivity index (χ1v) is 6.72. The molecule has 0 saturated heterocycles. The molecule has 2 aromatic rings. The van der Waals surface area contributed by atoms with E-state index in [0.29, 0.717) is 16.8 Å². The topological polar surface area (TPSA) is 42.0 Å². The van der Waals surface area contributed by atoms with Gasteiger partial charge in [-0.25, -0.2) is 4.98 Å². The van der Waals surface area contributed by atoms with Crippen molar-refractivity contribution in [2.75, 3.05) is 0 Å². The Labute approximate surface area is 112 Å². The molecule has 0 aliphatic heterocycles. The van der Waals surface area contributed by atoms with Crippen LogP contribution in [-0.2, 0) is 6.54 Å². The molecule has 17 heavy (non-hydrogen) atoms. The van der Waals surface area contributed by atoms with E-state index in [1.54, 1.807) is 29.5 Å². The van der Waals surface area contributed by atoms with Crippen molar-refractivity contribution < 1.29 is 4.79 Å². The van der Waals surface area contributed by atoms with Crippen LogP contribution in [0.25, 0.3) is 0 Å². The lowest BCUT2D eigenvalue weighted by molar-refractivity contribution is 0.0946. The molecule has 2 rings (SSSR count). The molecule has 0 radical (unpaired) electrons. The summed E-state index contributed by atoms with van der Waals surface area (Å²) in [5.74, 6) is -0.155. The summed E-state index contributed by atoms with van der Waals surface area (Å²) in [5.41, 5.74) is 0.424. The van der Waals surface area contributed by atoms with Crippen LogP contribution >= 0.6 is 27.3 Å². The molecule has 0 unspecified atom stereocenters. The minimum absolute atomic E-state index is 0.155. The third kappa shape index (κ3) is 3.38. The second-order valence-electron chi connectivity index (χ2n) is 3.54. The number of amides is 1. The monoisotopic (exact) mass is 310 g/mol. The molecule has 88 valence electrons. The summed E-state index contributed by atoms with van der Waals surface area (Å²) < 4.78 is 0.664. The van der Waals surface area contributed by atoms with Crippen LogP contribution in [0.5, 0.6) is 0 Å². The van der Waals surface area contributed by atoms with Crippen molar-refractivity contribution in [3.05, 3.63) is 50.4 Å². The SMILES string of the molecule is Cc1ccc(CNC(=O)c2cccc(Br)n2)s1. The van der Waals surface area contributed by atoms with Crippen LogP contribution in [0.1, 0.15) is 20.2 Å². The molecule has 5 heteroatoms. The second kappa shape index (κ2) is 5.42. The van der Waals surface area contributed by atoms with E-state index in [0.717, 1.165) is 4.88 Å². The molecule has 0 bridgehead atoms. The highest BCUT2D eigenvalue weighted by Crippen LogP contribution is 2.14. The van der Waals surface area contributed by atoms with Crippen LogP contribution in [0.3, 0.4) is 0 Å². The molecule has 0 atom stereocenters. The standard InChI is InChI=1S/C12H11BrN2OS/c1-8-5-6-9(17-8)7-14-12(16)10-3-2-4-11(13)15-10/h2-6H,7H2,1H3,(H,14,16). The maximum atomic E-state index is 11.8. The van der Waals surface area contributed by atoms with Gasteiger partial charge in [-0.2, -0.15) is 0 Å². The molecule has 0 saturated carbocycles. The van der Waals surface area contributed by atoms with Crippen LogP contribution in [0.2, 0.25) is 0 Å². The predicted molar refractivity (Wildman–Crippen MR) is 72.2 cm³/mol. The van der Waals surface area contributed by atoms with Gasteiger partial charge in [0.2, 0.25) is 0 Å². The molecule has 0 aromatic carbocycles. The van der Waals surface area contributed by atoms with Gasteiger partial charge in [-0.15, -0.1) is 11.3 Å². The van der Waals surface area contributed by atoms with E-state index in [2.05, 4.69) is 26.2 Å². The third-order valence-electron chi connectivity index (χ3n) is 2.17. The summed E-state index contributed by atoms with van der Waals surface area (Å²) in [5, 5.41) is 2.84. The van der Waals surface area contributed by atoms with Gasteiger partial charge < -0.3 is 5.32 Å². The smallest absolute Gasteiger partial charge is 0.270 e. The van der Waals surface area contributed by atoms with Crippen LogP contribution in [-0.4, -0.2) is 10.9 Å². The number of aromatic nitrogens is 1. The van der Waals surface area contributed by atoms with E-state index in [1.165, 1.54) is 4.88 Å². The number of nitrogens with zero attached hydrogens (tertiary/aromatic N) is 1. The van der Waals surface area contributed by atoms with Gasteiger partial charge in [-0.1, -0.05) is 6.07 Å². The second-order valence-corrected chi connectivity index (χ2v) is 5.73. The van der Waals surface area contributed by atoms with Crippen LogP contribution in [0.4, 0.5) is 0 Å². The molecule has 2 heterocycles. The van der Waals surface area contributed by atoms with Gasteiger partial charge in [0.05, 0.1) is 6.54 Å². The number of halogens is 1. The van der Waals surface area contributed by atoms with Crippen LogP contribution < -0.4 is 5.32 Å². The number of aryl methyl sites for hydroxylation is 1. The fraction of sp³-hybridized carbons (Fsp3) is 0.167. The third-order valence-corrected chi connectivity index (χ3v) is 3.61. The van der Waals surface area contributed by atoms with Crippen LogP contribution in [0.15, 0.2) is 34.9 Å². The number of carbonyl (C=O) groups is 1. The van der Waals surface area contributed by atoms with Crippen molar-refractivity contribution in [1.82, 2.24) is 10.3 Å². The van der Waals surface area contributed by atoms with Gasteiger partial charge in [-0.05, 0) is 47.1 Å². The average molecular weight is 311 g/mol. The lowest BCUT2D eigenvalue weighted by Crippen LogP contribution is -2.23. The summed E-state index contributed by atoms with van der Waals surface area (Å²) in [4.78, 5) is 18.3. The van der Waals surface area contributed by atoms with Gasteiger partial charge in [-0.3, -0.25) is 4.79 Å². The Bertz CT molecular complexity index is 539. The van der Waals surface area contributed by atoms with Gasteiger partial charge in [0.15, 0.2) is 0 Å². The zero-order chi connectivity index (χ0) is 12.3. The fourth-order valence-corrected chi connectivity index (χ4v) is 2.55. The van der Waals surface area contributed by atoms with Crippen molar-refractivity contribution in [3.8, 4) is 0 Å². The van der Waals surface area contributed by atoms with Crippen molar-refractivity contribution in [2.45, 2.75) is 13.5 Å². The quantitative estimate of drug-likeness (QED) is 0.885. The van der Waals surface area contributed by atoms with Crippen molar-refractivity contribution in [1.29, 1.82) is 0 Å².